The molecule has 2 saturated carbocycles. The van der Waals surface area contributed by atoms with E-state index in [1.807, 2.05) is 0 Å². The molecule has 2 aliphatic carbocycles. The fourth-order valence-electron chi connectivity index (χ4n) is 4.24. The van der Waals surface area contributed by atoms with Gasteiger partial charge in [0.05, 0.1) is 4.92 Å². The van der Waals surface area contributed by atoms with Crippen molar-refractivity contribution in [2.75, 3.05) is 18.4 Å². The molecule has 0 aliphatic heterocycles. The highest BCUT2D eigenvalue weighted by atomic mass is 16.6. The Hall–Kier alpha value is -2.15. The first-order chi connectivity index (χ1) is 12.0. The lowest BCUT2D eigenvalue weighted by Crippen LogP contribution is -2.49. The van der Waals surface area contributed by atoms with Gasteiger partial charge in [-0.1, -0.05) is 6.42 Å². The van der Waals surface area contributed by atoms with Crippen molar-refractivity contribution in [3.8, 4) is 0 Å². The van der Waals surface area contributed by atoms with Crippen LogP contribution in [-0.4, -0.2) is 30.0 Å². The van der Waals surface area contributed by atoms with Crippen LogP contribution in [0.4, 0.5) is 11.4 Å². The van der Waals surface area contributed by atoms with Crippen molar-refractivity contribution < 1.29 is 9.72 Å². The maximum absolute atomic E-state index is 12.4. The number of hydrogen-bond donors (Lipinski definition) is 3. The van der Waals surface area contributed by atoms with E-state index >= 15 is 0 Å². The van der Waals surface area contributed by atoms with Crippen molar-refractivity contribution in [3.63, 3.8) is 0 Å². The minimum absolute atomic E-state index is 0.0694. The molecule has 0 heterocycles. The zero-order valence-corrected chi connectivity index (χ0v) is 14.3. The normalized spacial score (nSPS) is 28.2. The number of nitrogens with one attached hydrogen (secondary N) is 2. The summed E-state index contributed by atoms with van der Waals surface area (Å²) in [5.41, 5.74) is 7.15. The number of carbonyl (C=O) groups is 1. The van der Waals surface area contributed by atoms with Gasteiger partial charge in [0.2, 0.25) is 5.91 Å². The molecule has 25 heavy (non-hydrogen) atoms. The van der Waals surface area contributed by atoms with Gasteiger partial charge in [0.25, 0.3) is 5.69 Å². The second-order valence-corrected chi connectivity index (χ2v) is 7.22. The third-order valence-electron chi connectivity index (χ3n) is 5.62. The average molecular weight is 346 g/mol. The van der Waals surface area contributed by atoms with Gasteiger partial charge in [-0.25, -0.2) is 0 Å². The minimum Gasteiger partial charge on any atom is -0.383 e. The van der Waals surface area contributed by atoms with Gasteiger partial charge in [-0.05, 0) is 49.7 Å². The summed E-state index contributed by atoms with van der Waals surface area (Å²) in [4.78, 5) is 22.6. The van der Waals surface area contributed by atoms with Gasteiger partial charge in [0.15, 0.2) is 0 Å². The maximum Gasteiger partial charge on any atom is 0.269 e. The molecule has 1 aromatic rings. The van der Waals surface area contributed by atoms with Crippen LogP contribution in [-0.2, 0) is 4.79 Å². The standard InChI is InChI=1S/C18H26N4O3/c19-17-12-2-1-3-13(17)11-14(10-12)18(23)21-9-8-20-15-4-6-16(7-5-15)22(24)25/h4-7,12-14,17,20H,1-3,8-11,19H2,(H,21,23). The number of nitrogens with zero attached hydrogens (tertiary/aromatic N) is 1. The summed E-state index contributed by atoms with van der Waals surface area (Å²) in [6.45, 7) is 1.12. The number of fused-ring (bicyclic) bond motifs is 2. The predicted molar refractivity (Wildman–Crippen MR) is 96.1 cm³/mol. The van der Waals surface area contributed by atoms with Gasteiger partial charge in [-0.15, -0.1) is 0 Å². The number of nitro benzene ring substituents is 1. The van der Waals surface area contributed by atoms with Crippen molar-refractivity contribution in [2.24, 2.45) is 23.5 Å². The number of carbonyl (C=O) groups excluding carboxylic acids is 1. The molecule has 2 unspecified atom stereocenters. The molecule has 0 aromatic heterocycles. The first-order valence-corrected chi connectivity index (χ1v) is 9.06. The van der Waals surface area contributed by atoms with Crippen LogP contribution in [0.3, 0.4) is 0 Å². The predicted octanol–water partition coefficient (Wildman–Crippen LogP) is 2.28. The topological polar surface area (TPSA) is 110 Å². The number of nitrogens with two attached hydrogens (primary N) is 1. The summed E-state index contributed by atoms with van der Waals surface area (Å²) < 4.78 is 0. The minimum atomic E-state index is -0.421. The van der Waals surface area contributed by atoms with E-state index in [4.69, 9.17) is 5.73 Å². The van der Waals surface area contributed by atoms with E-state index in [0.29, 0.717) is 24.9 Å². The molecule has 2 atom stereocenters. The van der Waals surface area contributed by atoms with E-state index in [0.717, 1.165) is 31.4 Å². The number of rotatable bonds is 6. The first-order valence-electron chi connectivity index (χ1n) is 9.06. The maximum atomic E-state index is 12.4. The smallest absolute Gasteiger partial charge is 0.269 e. The SMILES string of the molecule is NC1C2CCCC1CC(C(=O)NCCNc1ccc([N+](=O)[O-])cc1)C2. The van der Waals surface area contributed by atoms with Crippen LogP contribution in [0.25, 0.3) is 0 Å². The molecule has 136 valence electrons. The second kappa shape index (κ2) is 7.82. The molecule has 2 aliphatic rings. The largest absolute Gasteiger partial charge is 0.383 e. The Kier molecular flexibility index (Phi) is 5.53. The van der Waals surface area contributed by atoms with Crippen molar-refractivity contribution in [3.05, 3.63) is 34.4 Å². The Morgan fingerprint density at radius 1 is 1.16 bits per heavy atom. The molecule has 4 N–H and O–H groups in total. The molecule has 1 aromatic carbocycles. The van der Waals surface area contributed by atoms with Gasteiger partial charge in [0.1, 0.15) is 0 Å². The molecular formula is C18H26N4O3. The zero-order valence-electron chi connectivity index (χ0n) is 14.3. The molecule has 2 fully saturated rings. The number of anilines is 1. The Balaban J connectivity index is 1.40. The monoisotopic (exact) mass is 346 g/mol. The fraction of sp³-hybridized carbons (Fsp3) is 0.611. The Morgan fingerprint density at radius 2 is 1.80 bits per heavy atom. The summed E-state index contributed by atoms with van der Waals surface area (Å²) >= 11 is 0. The number of hydrogen-bond acceptors (Lipinski definition) is 5. The van der Waals surface area contributed by atoms with Crippen molar-refractivity contribution >= 4 is 17.3 Å². The second-order valence-electron chi connectivity index (χ2n) is 7.22. The summed E-state index contributed by atoms with van der Waals surface area (Å²) in [6, 6.07) is 6.55. The highest BCUT2D eigenvalue weighted by Gasteiger charge is 2.40. The first kappa shape index (κ1) is 17.7. The molecule has 3 rings (SSSR count). The van der Waals surface area contributed by atoms with Crippen LogP contribution in [0.1, 0.15) is 32.1 Å². The van der Waals surface area contributed by atoms with Crippen molar-refractivity contribution in [1.82, 2.24) is 5.32 Å². The van der Waals surface area contributed by atoms with E-state index in [-0.39, 0.29) is 23.6 Å². The Morgan fingerprint density at radius 3 is 2.40 bits per heavy atom. The quantitative estimate of drug-likeness (QED) is 0.416. The zero-order chi connectivity index (χ0) is 17.8. The summed E-state index contributed by atoms with van der Waals surface area (Å²) in [5.74, 6) is 1.23. The molecule has 0 saturated heterocycles. The lowest BCUT2D eigenvalue weighted by molar-refractivity contribution is -0.384. The molecule has 7 nitrogen and oxygen atoms in total. The van der Waals surface area contributed by atoms with Gasteiger partial charge >= 0.3 is 0 Å². The third kappa shape index (κ3) is 4.28. The van der Waals surface area contributed by atoms with Crippen LogP contribution in [0.2, 0.25) is 0 Å². The Labute approximate surface area is 147 Å². The molecule has 0 radical (unpaired) electrons. The average Bonchev–Trinajstić information content (AvgIpc) is 2.58. The van der Waals surface area contributed by atoms with Crippen LogP contribution in [0.5, 0.6) is 0 Å². The molecular weight excluding hydrogens is 320 g/mol. The van der Waals surface area contributed by atoms with E-state index < -0.39 is 4.92 Å². The van der Waals surface area contributed by atoms with Gasteiger partial charge in [0, 0.05) is 42.9 Å². The number of nitro groups is 1. The van der Waals surface area contributed by atoms with Crippen LogP contribution >= 0.6 is 0 Å². The number of benzene rings is 1. The molecule has 2 bridgehead atoms. The van der Waals surface area contributed by atoms with Gasteiger partial charge in [-0.2, -0.15) is 0 Å². The summed E-state index contributed by atoms with van der Waals surface area (Å²) in [6.07, 6.45) is 5.39. The van der Waals surface area contributed by atoms with E-state index in [9.17, 15) is 14.9 Å². The summed E-state index contributed by atoms with van der Waals surface area (Å²) in [5, 5.41) is 16.8. The van der Waals surface area contributed by atoms with Gasteiger partial charge in [-0.3, -0.25) is 14.9 Å². The molecule has 7 heteroatoms. The lowest BCUT2D eigenvalue weighted by atomic mass is 9.65. The van der Waals surface area contributed by atoms with Crippen LogP contribution < -0.4 is 16.4 Å². The van der Waals surface area contributed by atoms with Crippen molar-refractivity contribution in [1.29, 1.82) is 0 Å². The fourth-order valence-corrected chi connectivity index (χ4v) is 4.24. The molecule has 1 amide bonds. The van der Waals surface area contributed by atoms with Crippen LogP contribution in [0, 0.1) is 27.9 Å². The van der Waals surface area contributed by atoms with Crippen LogP contribution in [0.15, 0.2) is 24.3 Å². The lowest BCUT2D eigenvalue weighted by Gasteiger charge is -2.43. The van der Waals surface area contributed by atoms with Crippen molar-refractivity contribution in [2.45, 2.75) is 38.1 Å². The van der Waals surface area contributed by atoms with E-state index in [2.05, 4.69) is 10.6 Å². The highest BCUT2D eigenvalue weighted by Crippen LogP contribution is 2.41. The highest BCUT2D eigenvalue weighted by molar-refractivity contribution is 5.78. The third-order valence-corrected chi connectivity index (χ3v) is 5.62. The van der Waals surface area contributed by atoms with Gasteiger partial charge < -0.3 is 16.4 Å². The van der Waals surface area contributed by atoms with E-state index in [1.54, 1.807) is 12.1 Å². The number of non-ortho nitro benzene ring substituents is 1. The van der Waals surface area contributed by atoms with E-state index in [1.165, 1.54) is 18.6 Å². The Bertz CT molecular complexity index is 605. The summed E-state index contributed by atoms with van der Waals surface area (Å²) in [7, 11) is 0. The number of amides is 1. The molecule has 0 spiro atoms.